The summed E-state index contributed by atoms with van der Waals surface area (Å²) in [5.41, 5.74) is 4.40. The van der Waals surface area contributed by atoms with Gasteiger partial charge in [0.2, 0.25) is 0 Å². The van der Waals surface area contributed by atoms with Crippen LogP contribution in [0.25, 0.3) is 10.8 Å². The fourth-order valence-corrected chi connectivity index (χ4v) is 3.04. The van der Waals surface area contributed by atoms with Crippen molar-refractivity contribution in [2.75, 3.05) is 6.61 Å². The number of nitrogens with zero attached hydrogens (tertiary/aromatic N) is 1. The van der Waals surface area contributed by atoms with E-state index in [1.165, 1.54) is 0 Å². The topological polar surface area (TPSA) is 59.9 Å². The van der Waals surface area contributed by atoms with Crippen molar-refractivity contribution in [2.24, 2.45) is 5.10 Å². The van der Waals surface area contributed by atoms with Gasteiger partial charge in [0.25, 0.3) is 5.91 Å². The van der Waals surface area contributed by atoms with Crippen LogP contribution in [-0.4, -0.2) is 18.7 Å². The molecule has 4 aromatic rings. The van der Waals surface area contributed by atoms with E-state index in [0.717, 1.165) is 27.6 Å². The number of amides is 1. The Labute approximate surface area is 180 Å². The van der Waals surface area contributed by atoms with E-state index in [0.29, 0.717) is 12.4 Å². The van der Waals surface area contributed by atoms with Crippen molar-refractivity contribution in [3.63, 3.8) is 0 Å². The molecular weight excluding hydrogens is 388 g/mol. The number of ether oxygens (including phenoxy) is 2. The summed E-state index contributed by atoms with van der Waals surface area (Å²) in [4.78, 5) is 12.0. The van der Waals surface area contributed by atoms with Crippen molar-refractivity contribution in [1.29, 1.82) is 0 Å². The first kappa shape index (κ1) is 20.2. The summed E-state index contributed by atoms with van der Waals surface area (Å²) in [6.45, 7) is 0.375. The highest BCUT2D eigenvalue weighted by Crippen LogP contribution is 2.20. The summed E-state index contributed by atoms with van der Waals surface area (Å²) in [5.74, 6) is 1.04. The highest BCUT2D eigenvalue weighted by atomic mass is 16.5. The van der Waals surface area contributed by atoms with Crippen LogP contribution in [0.5, 0.6) is 11.5 Å². The van der Waals surface area contributed by atoms with Gasteiger partial charge in [-0.1, -0.05) is 72.8 Å². The molecule has 5 nitrogen and oxygen atoms in total. The van der Waals surface area contributed by atoms with Crippen molar-refractivity contribution in [1.82, 2.24) is 5.43 Å². The van der Waals surface area contributed by atoms with Crippen molar-refractivity contribution in [3.05, 3.63) is 108 Å². The van der Waals surface area contributed by atoms with Crippen LogP contribution in [0.3, 0.4) is 0 Å². The van der Waals surface area contributed by atoms with Crippen molar-refractivity contribution in [2.45, 2.75) is 6.61 Å². The summed E-state index contributed by atoms with van der Waals surface area (Å²) in [5, 5.41) is 6.19. The van der Waals surface area contributed by atoms with Crippen LogP contribution < -0.4 is 14.9 Å². The van der Waals surface area contributed by atoms with E-state index in [1.54, 1.807) is 6.21 Å². The second-order valence-corrected chi connectivity index (χ2v) is 6.94. The molecule has 0 aromatic heterocycles. The van der Waals surface area contributed by atoms with Gasteiger partial charge in [0.1, 0.15) is 18.1 Å². The van der Waals surface area contributed by atoms with Gasteiger partial charge in [-0.05, 0) is 46.2 Å². The first-order valence-corrected chi connectivity index (χ1v) is 9.96. The first-order chi connectivity index (χ1) is 15.3. The van der Waals surface area contributed by atoms with Gasteiger partial charge in [-0.3, -0.25) is 4.79 Å². The second kappa shape index (κ2) is 10.1. The van der Waals surface area contributed by atoms with E-state index in [-0.39, 0.29) is 12.5 Å². The van der Waals surface area contributed by atoms with E-state index in [2.05, 4.69) is 10.5 Å². The molecule has 5 heteroatoms. The van der Waals surface area contributed by atoms with Crippen LogP contribution in [0.15, 0.2) is 102 Å². The number of hydrogen-bond acceptors (Lipinski definition) is 4. The Morgan fingerprint density at radius 2 is 1.55 bits per heavy atom. The standard InChI is InChI=1S/C26H22N2O3/c29-26(19-31-25-14-13-22-10-4-5-11-23(22)16-25)28-27-17-21-9-6-12-24(15-21)30-18-20-7-2-1-3-8-20/h1-17H,18-19H2,(H,28,29)/b27-17+. The molecular formula is C26H22N2O3. The molecule has 0 saturated carbocycles. The molecule has 0 aliphatic carbocycles. The molecule has 0 aliphatic heterocycles. The molecule has 0 bridgehead atoms. The van der Waals surface area contributed by atoms with E-state index in [4.69, 9.17) is 9.47 Å². The van der Waals surface area contributed by atoms with Crippen LogP contribution >= 0.6 is 0 Å². The van der Waals surface area contributed by atoms with Gasteiger partial charge in [0, 0.05) is 0 Å². The third-order valence-corrected chi connectivity index (χ3v) is 4.60. The Balaban J connectivity index is 1.26. The minimum absolute atomic E-state index is 0.115. The lowest BCUT2D eigenvalue weighted by Gasteiger charge is -2.07. The zero-order chi connectivity index (χ0) is 21.3. The quantitative estimate of drug-likeness (QED) is 0.330. The molecule has 31 heavy (non-hydrogen) atoms. The monoisotopic (exact) mass is 410 g/mol. The van der Waals surface area contributed by atoms with Crippen LogP contribution in [0, 0.1) is 0 Å². The number of carbonyl (C=O) groups excluding carboxylic acids is 1. The molecule has 1 N–H and O–H groups in total. The molecule has 4 aromatic carbocycles. The van der Waals surface area contributed by atoms with Gasteiger partial charge in [0.05, 0.1) is 6.21 Å². The second-order valence-electron chi connectivity index (χ2n) is 6.94. The van der Waals surface area contributed by atoms with Gasteiger partial charge in [0.15, 0.2) is 6.61 Å². The molecule has 0 atom stereocenters. The number of fused-ring (bicyclic) bond motifs is 1. The van der Waals surface area contributed by atoms with E-state index < -0.39 is 0 Å². The molecule has 0 saturated heterocycles. The van der Waals surface area contributed by atoms with E-state index >= 15 is 0 Å². The average molecular weight is 410 g/mol. The highest BCUT2D eigenvalue weighted by Gasteiger charge is 2.03. The molecule has 0 spiro atoms. The van der Waals surface area contributed by atoms with E-state index in [9.17, 15) is 4.79 Å². The first-order valence-electron chi connectivity index (χ1n) is 9.96. The summed E-state index contributed by atoms with van der Waals surface area (Å²) in [6, 6.07) is 31.2. The third-order valence-electron chi connectivity index (χ3n) is 4.60. The average Bonchev–Trinajstić information content (AvgIpc) is 2.82. The number of nitrogens with one attached hydrogen (secondary N) is 1. The maximum atomic E-state index is 12.0. The third kappa shape index (κ3) is 5.93. The number of benzene rings is 4. The summed E-state index contributed by atoms with van der Waals surface area (Å²) >= 11 is 0. The van der Waals surface area contributed by atoms with Gasteiger partial charge >= 0.3 is 0 Å². The van der Waals surface area contributed by atoms with Crippen LogP contribution in [0.1, 0.15) is 11.1 Å². The Morgan fingerprint density at radius 3 is 2.42 bits per heavy atom. The van der Waals surface area contributed by atoms with Gasteiger partial charge < -0.3 is 9.47 Å². The molecule has 154 valence electrons. The number of hydrogen-bond donors (Lipinski definition) is 1. The van der Waals surface area contributed by atoms with Crippen molar-refractivity contribution in [3.8, 4) is 11.5 Å². The zero-order valence-corrected chi connectivity index (χ0v) is 16.9. The van der Waals surface area contributed by atoms with Crippen molar-refractivity contribution >= 4 is 22.9 Å². The number of hydrazone groups is 1. The number of rotatable bonds is 8. The highest BCUT2D eigenvalue weighted by molar-refractivity contribution is 5.85. The fourth-order valence-electron chi connectivity index (χ4n) is 3.04. The summed E-state index contributed by atoms with van der Waals surface area (Å²) < 4.78 is 11.4. The van der Waals surface area contributed by atoms with Crippen molar-refractivity contribution < 1.29 is 14.3 Å². The molecule has 0 heterocycles. The lowest BCUT2D eigenvalue weighted by atomic mass is 10.1. The van der Waals surface area contributed by atoms with Gasteiger partial charge in [-0.25, -0.2) is 5.43 Å². The zero-order valence-electron chi connectivity index (χ0n) is 16.9. The minimum Gasteiger partial charge on any atom is -0.489 e. The lowest BCUT2D eigenvalue weighted by molar-refractivity contribution is -0.123. The van der Waals surface area contributed by atoms with Gasteiger partial charge in [-0.15, -0.1) is 0 Å². The Hall–Kier alpha value is -4.12. The SMILES string of the molecule is O=C(COc1ccc2ccccc2c1)N/N=C/c1cccc(OCc2ccccc2)c1. The molecule has 0 radical (unpaired) electrons. The lowest BCUT2D eigenvalue weighted by Crippen LogP contribution is -2.24. The smallest absolute Gasteiger partial charge is 0.277 e. The maximum Gasteiger partial charge on any atom is 0.277 e. The molecule has 0 aliphatic rings. The Kier molecular flexibility index (Phi) is 6.55. The summed E-state index contributed by atoms with van der Waals surface area (Å²) in [6.07, 6.45) is 1.57. The van der Waals surface area contributed by atoms with Crippen LogP contribution in [-0.2, 0) is 11.4 Å². The predicted octanol–water partition coefficient (Wildman–Crippen LogP) is 4.95. The maximum absolute atomic E-state index is 12.0. The fraction of sp³-hybridized carbons (Fsp3) is 0.0769. The summed E-state index contributed by atoms with van der Waals surface area (Å²) in [7, 11) is 0. The van der Waals surface area contributed by atoms with Gasteiger partial charge in [-0.2, -0.15) is 5.10 Å². The minimum atomic E-state index is -0.333. The Bertz CT molecular complexity index is 1190. The van der Waals surface area contributed by atoms with E-state index in [1.807, 2.05) is 97.1 Å². The normalized spacial score (nSPS) is 10.8. The van der Waals surface area contributed by atoms with Crippen LogP contribution in [0.2, 0.25) is 0 Å². The molecule has 0 fully saturated rings. The predicted molar refractivity (Wildman–Crippen MR) is 122 cm³/mol. The van der Waals surface area contributed by atoms with Crippen LogP contribution in [0.4, 0.5) is 0 Å². The molecule has 4 rings (SSSR count). The molecule has 0 unspecified atom stereocenters. The number of carbonyl (C=O) groups is 1. The largest absolute Gasteiger partial charge is 0.489 e. The Morgan fingerprint density at radius 1 is 0.774 bits per heavy atom. The molecule has 1 amide bonds.